The first-order chi connectivity index (χ1) is 9.99. The fourth-order valence-corrected chi connectivity index (χ4v) is 2.91. The van der Waals surface area contributed by atoms with E-state index in [-0.39, 0.29) is 11.1 Å². The smallest absolute Gasteiger partial charge is 0.142 e. The second kappa shape index (κ2) is 6.46. The van der Waals surface area contributed by atoms with Crippen molar-refractivity contribution in [3.63, 3.8) is 0 Å². The van der Waals surface area contributed by atoms with Gasteiger partial charge in [0, 0.05) is 5.56 Å². The molecule has 2 aromatic carbocycles. The van der Waals surface area contributed by atoms with Crippen LogP contribution in [-0.2, 0) is 0 Å². The molecule has 0 saturated carbocycles. The zero-order valence-electron chi connectivity index (χ0n) is 12.6. The second-order valence-corrected chi connectivity index (χ2v) is 5.44. The van der Waals surface area contributed by atoms with Gasteiger partial charge in [0.15, 0.2) is 0 Å². The average Bonchev–Trinajstić information content (AvgIpc) is 2.45. The molecule has 1 atom stereocenters. The molecular weight excluding hydrogens is 289 g/mol. The molecule has 1 unspecified atom stereocenters. The maximum absolute atomic E-state index is 13.7. The van der Waals surface area contributed by atoms with Crippen LogP contribution in [0.5, 0.6) is 5.75 Å². The summed E-state index contributed by atoms with van der Waals surface area (Å²) in [5, 5.41) is 3.34. The maximum Gasteiger partial charge on any atom is 0.142 e. The van der Waals surface area contributed by atoms with Crippen LogP contribution in [0.25, 0.3) is 0 Å². The highest BCUT2D eigenvalue weighted by atomic mass is 35.5. The number of methoxy groups -OCH3 is 1. The molecule has 4 heteroatoms. The number of nitrogens with one attached hydrogen (secondary N) is 1. The molecule has 1 N–H and O–H groups in total. The normalized spacial score (nSPS) is 12.3. The molecule has 0 bridgehead atoms. The van der Waals surface area contributed by atoms with Crippen molar-refractivity contribution < 1.29 is 9.13 Å². The topological polar surface area (TPSA) is 21.3 Å². The van der Waals surface area contributed by atoms with E-state index in [9.17, 15) is 4.39 Å². The third kappa shape index (κ3) is 3.04. The van der Waals surface area contributed by atoms with Crippen molar-refractivity contribution in [3.8, 4) is 5.75 Å². The Morgan fingerprint density at radius 2 is 1.95 bits per heavy atom. The Kier molecular flexibility index (Phi) is 4.86. The van der Waals surface area contributed by atoms with E-state index in [1.54, 1.807) is 13.2 Å². The largest absolute Gasteiger partial charge is 0.496 e. The molecule has 0 aliphatic rings. The summed E-state index contributed by atoms with van der Waals surface area (Å²) < 4.78 is 19.3. The third-order valence-electron chi connectivity index (χ3n) is 3.58. The highest BCUT2D eigenvalue weighted by Gasteiger charge is 2.22. The molecule has 0 amide bonds. The van der Waals surface area contributed by atoms with E-state index in [0.717, 1.165) is 22.4 Å². The lowest BCUT2D eigenvalue weighted by atomic mass is 9.92. The van der Waals surface area contributed by atoms with E-state index in [1.165, 1.54) is 6.07 Å². The monoisotopic (exact) mass is 307 g/mol. The third-order valence-corrected chi connectivity index (χ3v) is 3.98. The quantitative estimate of drug-likeness (QED) is 0.903. The summed E-state index contributed by atoms with van der Waals surface area (Å²) in [6.07, 6.45) is 0. The molecule has 0 fully saturated rings. The SMILES string of the molecule is CNC(c1cccc(F)c1Cl)c1c(C)cc(C)cc1OC. The van der Waals surface area contributed by atoms with Gasteiger partial charge in [0.1, 0.15) is 11.6 Å². The van der Waals surface area contributed by atoms with Gasteiger partial charge in [0.25, 0.3) is 0 Å². The molecule has 0 aromatic heterocycles. The summed E-state index contributed by atoms with van der Waals surface area (Å²) in [5.41, 5.74) is 3.86. The van der Waals surface area contributed by atoms with E-state index >= 15 is 0 Å². The highest BCUT2D eigenvalue weighted by Crippen LogP contribution is 2.37. The molecule has 2 rings (SSSR count). The first kappa shape index (κ1) is 15.8. The Hall–Kier alpha value is -1.58. The fraction of sp³-hybridized carbons (Fsp3) is 0.294. The van der Waals surface area contributed by atoms with Gasteiger partial charge in [0.05, 0.1) is 18.2 Å². The van der Waals surface area contributed by atoms with Crippen LogP contribution in [0, 0.1) is 19.7 Å². The van der Waals surface area contributed by atoms with Crippen molar-refractivity contribution in [2.24, 2.45) is 0 Å². The van der Waals surface area contributed by atoms with Gasteiger partial charge in [-0.3, -0.25) is 0 Å². The minimum atomic E-state index is -0.418. The number of ether oxygens (including phenoxy) is 1. The van der Waals surface area contributed by atoms with Crippen molar-refractivity contribution in [2.75, 3.05) is 14.2 Å². The summed E-state index contributed by atoms with van der Waals surface area (Å²) in [7, 11) is 3.46. The first-order valence-electron chi connectivity index (χ1n) is 6.76. The van der Waals surface area contributed by atoms with E-state index in [4.69, 9.17) is 16.3 Å². The lowest BCUT2D eigenvalue weighted by Gasteiger charge is -2.23. The Balaban J connectivity index is 2.64. The number of rotatable bonds is 4. The van der Waals surface area contributed by atoms with Gasteiger partial charge >= 0.3 is 0 Å². The standard InChI is InChI=1S/C17H19ClFNO/c1-10-8-11(2)15(14(9-10)21-4)17(20-3)12-6-5-7-13(19)16(12)18/h5-9,17,20H,1-4H3. The van der Waals surface area contributed by atoms with E-state index < -0.39 is 5.82 Å². The maximum atomic E-state index is 13.7. The van der Waals surface area contributed by atoms with Crippen LogP contribution in [0.15, 0.2) is 30.3 Å². The fourth-order valence-electron chi connectivity index (χ4n) is 2.68. The van der Waals surface area contributed by atoms with Crippen molar-refractivity contribution >= 4 is 11.6 Å². The molecular formula is C17H19ClFNO. The van der Waals surface area contributed by atoms with Crippen molar-refractivity contribution in [1.29, 1.82) is 0 Å². The number of aryl methyl sites for hydroxylation is 2. The molecule has 112 valence electrons. The molecule has 0 spiro atoms. The Bertz CT molecular complexity index is 657. The van der Waals surface area contributed by atoms with Crippen molar-refractivity contribution in [3.05, 3.63) is 63.4 Å². The zero-order valence-corrected chi connectivity index (χ0v) is 13.4. The van der Waals surface area contributed by atoms with E-state index in [1.807, 2.05) is 33.0 Å². The summed E-state index contributed by atoms with van der Waals surface area (Å²) >= 11 is 6.14. The van der Waals surface area contributed by atoms with Crippen LogP contribution in [-0.4, -0.2) is 14.2 Å². The Morgan fingerprint density at radius 1 is 1.24 bits per heavy atom. The first-order valence-corrected chi connectivity index (χ1v) is 7.13. The molecule has 0 aliphatic heterocycles. The minimum absolute atomic E-state index is 0.138. The van der Waals surface area contributed by atoms with E-state index in [0.29, 0.717) is 5.56 Å². The number of hydrogen-bond acceptors (Lipinski definition) is 2. The van der Waals surface area contributed by atoms with Crippen LogP contribution >= 0.6 is 11.6 Å². The Morgan fingerprint density at radius 3 is 2.57 bits per heavy atom. The highest BCUT2D eigenvalue weighted by molar-refractivity contribution is 6.31. The van der Waals surface area contributed by atoms with Crippen molar-refractivity contribution in [1.82, 2.24) is 5.32 Å². The predicted molar refractivity (Wildman–Crippen MR) is 84.8 cm³/mol. The van der Waals surface area contributed by atoms with E-state index in [2.05, 4.69) is 11.4 Å². The zero-order chi connectivity index (χ0) is 15.6. The molecule has 2 aromatic rings. The lowest BCUT2D eigenvalue weighted by Crippen LogP contribution is -2.20. The van der Waals surface area contributed by atoms with Gasteiger partial charge < -0.3 is 10.1 Å². The Labute approximate surface area is 129 Å². The second-order valence-electron chi connectivity index (χ2n) is 5.06. The van der Waals surface area contributed by atoms with Crippen LogP contribution in [0.3, 0.4) is 0 Å². The molecule has 0 saturated heterocycles. The molecule has 0 aliphatic carbocycles. The van der Waals surface area contributed by atoms with Crippen LogP contribution in [0.4, 0.5) is 4.39 Å². The summed E-state index contributed by atoms with van der Waals surface area (Å²) in [5.74, 6) is 0.352. The minimum Gasteiger partial charge on any atom is -0.496 e. The summed E-state index contributed by atoms with van der Waals surface area (Å²) in [6.45, 7) is 4.03. The summed E-state index contributed by atoms with van der Waals surface area (Å²) in [4.78, 5) is 0. The van der Waals surface area contributed by atoms with Crippen LogP contribution in [0.2, 0.25) is 5.02 Å². The van der Waals surface area contributed by atoms with Gasteiger partial charge in [-0.05, 0) is 49.7 Å². The number of benzene rings is 2. The molecule has 0 radical (unpaired) electrons. The number of halogens is 2. The predicted octanol–water partition coefficient (Wildman–Crippen LogP) is 4.41. The van der Waals surface area contributed by atoms with Gasteiger partial charge in [-0.1, -0.05) is 29.8 Å². The average molecular weight is 308 g/mol. The molecule has 0 heterocycles. The van der Waals surface area contributed by atoms with Gasteiger partial charge in [0.2, 0.25) is 0 Å². The van der Waals surface area contributed by atoms with Crippen LogP contribution < -0.4 is 10.1 Å². The molecule has 21 heavy (non-hydrogen) atoms. The lowest BCUT2D eigenvalue weighted by molar-refractivity contribution is 0.404. The van der Waals surface area contributed by atoms with Gasteiger partial charge in [-0.15, -0.1) is 0 Å². The van der Waals surface area contributed by atoms with Crippen LogP contribution in [0.1, 0.15) is 28.3 Å². The summed E-state index contributed by atoms with van der Waals surface area (Å²) in [6, 6.07) is 8.67. The number of hydrogen-bond donors (Lipinski definition) is 1. The van der Waals surface area contributed by atoms with Crippen molar-refractivity contribution in [2.45, 2.75) is 19.9 Å². The van der Waals surface area contributed by atoms with Gasteiger partial charge in [-0.25, -0.2) is 4.39 Å². The van der Waals surface area contributed by atoms with Gasteiger partial charge in [-0.2, -0.15) is 0 Å². The molecule has 2 nitrogen and oxygen atoms in total.